The third-order valence-corrected chi connectivity index (χ3v) is 1.74. The normalized spacial score (nSPS) is 10.5. The second-order valence-corrected chi connectivity index (χ2v) is 2.26. The molecule has 3 N–H and O–H groups in total. The van der Waals surface area contributed by atoms with Gasteiger partial charge in [0.25, 0.3) is 0 Å². The van der Waals surface area contributed by atoms with E-state index in [1.54, 1.807) is 6.92 Å². The minimum atomic E-state index is -1.35. The largest absolute Gasteiger partial charge is 0.481 e. The van der Waals surface area contributed by atoms with Gasteiger partial charge in [0, 0.05) is 29.6 Å². The molecular weight excluding hydrogens is 159 g/mol. The number of carboxylic acids is 1. The number of hydrogen-bond acceptors (Lipinski definition) is 3. The van der Waals surface area contributed by atoms with Gasteiger partial charge in [-0.05, 0) is 6.42 Å². The van der Waals surface area contributed by atoms with Crippen LogP contribution in [0.2, 0.25) is 0 Å². The first kappa shape index (κ1) is 13.9. The van der Waals surface area contributed by atoms with E-state index in [2.05, 4.69) is 0 Å². The quantitative estimate of drug-likeness (QED) is 0.477. The second kappa shape index (κ2) is 5.97. The Balaban J connectivity index is 0. The SMILES string of the molecule is CCC(CO)(CO)C(=O)O.[Na]. The van der Waals surface area contributed by atoms with Gasteiger partial charge in [-0.25, -0.2) is 0 Å². The maximum absolute atomic E-state index is 10.4. The van der Waals surface area contributed by atoms with E-state index in [4.69, 9.17) is 15.3 Å². The minimum absolute atomic E-state index is 0. The molecule has 0 aromatic carbocycles. The van der Waals surface area contributed by atoms with Crippen LogP contribution >= 0.6 is 0 Å². The Kier molecular flexibility index (Phi) is 7.57. The van der Waals surface area contributed by atoms with Crippen LogP contribution in [0.5, 0.6) is 0 Å². The topological polar surface area (TPSA) is 77.8 Å². The summed E-state index contributed by atoms with van der Waals surface area (Å²) in [6.45, 7) is 0.575. The van der Waals surface area contributed by atoms with Gasteiger partial charge < -0.3 is 15.3 Å². The summed E-state index contributed by atoms with van der Waals surface area (Å²) in [6.07, 6.45) is 0.231. The summed E-state index contributed by atoms with van der Waals surface area (Å²) in [5, 5.41) is 25.7. The Morgan fingerprint density at radius 1 is 1.36 bits per heavy atom. The molecule has 0 aliphatic rings. The average Bonchev–Trinajstić information content (AvgIpc) is 1.92. The monoisotopic (exact) mass is 171 g/mol. The molecule has 0 aromatic rings. The molecule has 0 unspecified atom stereocenters. The van der Waals surface area contributed by atoms with Crippen LogP contribution in [-0.2, 0) is 4.79 Å². The zero-order valence-corrected chi connectivity index (χ0v) is 8.87. The Labute approximate surface area is 87.5 Å². The van der Waals surface area contributed by atoms with Crippen molar-refractivity contribution in [1.82, 2.24) is 0 Å². The van der Waals surface area contributed by atoms with Gasteiger partial charge in [0.05, 0.1) is 13.2 Å². The summed E-state index contributed by atoms with van der Waals surface area (Å²) < 4.78 is 0. The molecule has 61 valence electrons. The van der Waals surface area contributed by atoms with Crippen molar-refractivity contribution in [3.63, 3.8) is 0 Å². The van der Waals surface area contributed by atoms with Gasteiger partial charge in [-0.15, -0.1) is 0 Å². The smallest absolute Gasteiger partial charge is 0.314 e. The van der Waals surface area contributed by atoms with Crippen molar-refractivity contribution in [3.05, 3.63) is 0 Å². The Bertz CT molecular complexity index is 113. The second-order valence-electron chi connectivity index (χ2n) is 2.26. The zero-order chi connectivity index (χ0) is 8.20. The van der Waals surface area contributed by atoms with Gasteiger partial charge in [-0.1, -0.05) is 6.92 Å². The van der Waals surface area contributed by atoms with Crippen molar-refractivity contribution < 1.29 is 20.1 Å². The molecule has 11 heavy (non-hydrogen) atoms. The van der Waals surface area contributed by atoms with Crippen molar-refractivity contribution in [3.8, 4) is 0 Å². The number of aliphatic hydroxyl groups is 2. The summed E-state index contributed by atoms with van der Waals surface area (Å²) in [5.41, 5.74) is -1.35. The molecule has 0 saturated heterocycles. The number of aliphatic hydroxyl groups excluding tert-OH is 2. The maximum atomic E-state index is 10.4. The fourth-order valence-electron chi connectivity index (χ4n) is 0.560. The summed E-state index contributed by atoms with van der Waals surface area (Å²) >= 11 is 0. The van der Waals surface area contributed by atoms with Crippen LogP contribution < -0.4 is 0 Å². The van der Waals surface area contributed by atoms with Crippen LogP contribution in [0.4, 0.5) is 0 Å². The molecule has 0 atom stereocenters. The predicted octanol–water partition coefficient (Wildman–Crippen LogP) is -0.929. The van der Waals surface area contributed by atoms with E-state index in [-0.39, 0.29) is 36.0 Å². The van der Waals surface area contributed by atoms with Crippen molar-refractivity contribution >= 4 is 35.5 Å². The average molecular weight is 171 g/mol. The van der Waals surface area contributed by atoms with E-state index in [1.807, 2.05) is 0 Å². The van der Waals surface area contributed by atoms with Crippen molar-refractivity contribution in [1.29, 1.82) is 0 Å². The van der Waals surface area contributed by atoms with Gasteiger partial charge in [0.1, 0.15) is 5.41 Å². The molecule has 0 amide bonds. The third-order valence-electron chi connectivity index (χ3n) is 1.74. The molecule has 0 rings (SSSR count). The predicted molar refractivity (Wildman–Crippen MR) is 40.3 cm³/mol. The molecule has 1 radical (unpaired) electrons. The summed E-state index contributed by atoms with van der Waals surface area (Å²) in [4.78, 5) is 10.4. The van der Waals surface area contributed by atoms with Crippen LogP contribution in [0.15, 0.2) is 0 Å². The molecule has 0 fully saturated rings. The standard InChI is InChI=1S/C6H12O4.Na/c1-2-6(3-7,4-8)5(9)10;/h7-8H,2-4H2,1H3,(H,9,10);. The molecule has 0 heterocycles. The van der Waals surface area contributed by atoms with E-state index in [0.29, 0.717) is 0 Å². The molecule has 0 aliphatic heterocycles. The number of hydrogen-bond donors (Lipinski definition) is 3. The molecule has 0 aromatic heterocycles. The zero-order valence-electron chi connectivity index (χ0n) is 6.87. The minimum Gasteiger partial charge on any atom is -0.481 e. The fraction of sp³-hybridized carbons (Fsp3) is 0.833. The van der Waals surface area contributed by atoms with E-state index < -0.39 is 24.6 Å². The van der Waals surface area contributed by atoms with Crippen LogP contribution in [0.25, 0.3) is 0 Å². The van der Waals surface area contributed by atoms with Crippen molar-refractivity contribution in [2.45, 2.75) is 13.3 Å². The first-order valence-electron chi connectivity index (χ1n) is 3.08. The number of carboxylic acid groups (broad SMARTS) is 1. The molecular formula is C6H12NaO4. The van der Waals surface area contributed by atoms with Gasteiger partial charge in [0.15, 0.2) is 0 Å². The number of carbonyl (C=O) groups is 1. The van der Waals surface area contributed by atoms with E-state index in [1.165, 1.54) is 0 Å². The Morgan fingerprint density at radius 2 is 1.73 bits per heavy atom. The molecule has 0 aliphatic carbocycles. The van der Waals surface area contributed by atoms with Gasteiger partial charge >= 0.3 is 5.97 Å². The van der Waals surface area contributed by atoms with E-state index >= 15 is 0 Å². The Morgan fingerprint density at radius 3 is 1.73 bits per heavy atom. The first-order chi connectivity index (χ1) is 4.63. The molecule has 0 spiro atoms. The van der Waals surface area contributed by atoms with Crippen LogP contribution in [0.1, 0.15) is 13.3 Å². The summed E-state index contributed by atoms with van der Waals surface area (Å²) in [5.74, 6) is -1.15. The number of aliphatic carboxylic acids is 1. The summed E-state index contributed by atoms with van der Waals surface area (Å²) in [6, 6.07) is 0. The van der Waals surface area contributed by atoms with E-state index in [0.717, 1.165) is 0 Å². The molecule has 0 bridgehead atoms. The van der Waals surface area contributed by atoms with Gasteiger partial charge in [0.2, 0.25) is 0 Å². The summed E-state index contributed by atoms with van der Waals surface area (Å²) in [7, 11) is 0. The van der Waals surface area contributed by atoms with Gasteiger partial charge in [-0.2, -0.15) is 0 Å². The molecule has 0 saturated carbocycles. The molecule has 4 nitrogen and oxygen atoms in total. The van der Waals surface area contributed by atoms with Crippen LogP contribution in [0, 0.1) is 5.41 Å². The van der Waals surface area contributed by atoms with Crippen molar-refractivity contribution in [2.24, 2.45) is 5.41 Å². The van der Waals surface area contributed by atoms with Crippen LogP contribution in [-0.4, -0.2) is 64.1 Å². The number of rotatable bonds is 4. The fourth-order valence-corrected chi connectivity index (χ4v) is 0.560. The van der Waals surface area contributed by atoms with E-state index in [9.17, 15) is 4.79 Å². The third kappa shape index (κ3) is 3.09. The van der Waals surface area contributed by atoms with Gasteiger partial charge in [-0.3, -0.25) is 4.79 Å². The molecule has 5 heteroatoms. The maximum Gasteiger partial charge on any atom is 0.314 e. The van der Waals surface area contributed by atoms with Crippen molar-refractivity contribution in [2.75, 3.05) is 13.2 Å². The van der Waals surface area contributed by atoms with Crippen LogP contribution in [0.3, 0.4) is 0 Å². The Hall–Kier alpha value is 0.390. The first-order valence-corrected chi connectivity index (χ1v) is 3.08.